The number of hydrogen-bond donors (Lipinski definition) is 0. The molecule has 0 radical (unpaired) electrons. The van der Waals surface area contributed by atoms with Crippen LogP contribution in [-0.4, -0.2) is 34.5 Å². The highest BCUT2D eigenvalue weighted by Gasteiger charge is 2.07. The first-order valence-corrected chi connectivity index (χ1v) is 5.74. The summed E-state index contributed by atoms with van der Waals surface area (Å²) in [5.41, 5.74) is 0.574. The second-order valence-corrected chi connectivity index (χ2v) is 4.29. The van der Waals surface area contributed by atoms with Gasteiger partial charge in [-0.15, -0.1) is 0 Å². The van der Waals surface area contributed by atoms with Gasteiger partial charge < -0.3 is 9.47 Å². The number of rotatable bonds is 3. The van der Waals surface area contributed by atoms with Crippen molar-refractivity contribution >= 4 is 16.8 Å². The molecule has 5 heteroatoms. The largest absolute Gasteiger partial charge is 0.349 e. The van der Waals surface area contributed by atoms with Gasteiger partial charge >= 0.3 is 0 Å². The predicted octanol–water partition coefficient (Wildman–Crippen LogP) is 0.875. The van der Waals surface area contributed by atoms with E-state index in [2.05, 4.69) is 4.98 Å². The number of carbonyl (C=O) groups is 1. The van der Waals surface area contributed by atoms with Crippen molar-refractivity contribution in [3.63, 3.8) is 0 Å². The Labute approximate surface area is 105 Å². The van der Waals surface area contributed by atoms with Crippen LogP contribution in [0.5, 0.6) is 0 Å². The van der Waals surface area contributed by atoms with Crippen molar-refractivity contribution in [2.45, 2.75) is 13.0 Å². The van der Waals surface area contributed by atoms with Crippen LogP contribution in [0.1, 0.15) is 6.42 Å². The minimum Gasteiger partial charge on any atom is -0.349 e. The summed E-state index contributed by atoms with van der Waals surface area (Å²) in [4.78, 5) is 29.2. The molecule has 2 heterocycles. The van der Waals surface area contributed by atoms with Gasteiger partial charge in [0.25, 0.3) is 5.56 Å². The molecule has 2 aromatic rings. The summed E-state index contributed by atoms with van der Waals surface area (Å²) in [6, 6.07) is 5.27. The van der Waals surface area contributed by atoms with E-state index in [1.54, 1.807) is 49.3 Å². The molecule has 2 rings (SSSR count). The molecule has 0 aliphatic heterocycles. The fraction of sp³-hybridized carbons (Fsp3) is 0.308. The Morgan fingerprint density at radius 2 is 2.17 bits per heavy atom. The molecule has 1 amide bonds. The first kappa shape index (κ1) is 12.3. The Bertz CT molecular complexity index is 631. The van der Waals surface area contributed by atoms with E-state index in [-0.39, 0.29) is 11.5 Å². The molecule has 18 heavy (non-hydrogen) atoms. The van der Waals surface area contributed by atoms with E-state index in [9.17, 15) is 9.59 Å². The molecule has 0 unspecified atom stereocenters. The Kier molecular flexibility index (Phi) is 3.41. The molecule has 0 aliphatic rings. The summed E-state index contributed by atoms with van der Waals surface area (Å²) < 4.78 is 1.55. The highest BCUT2D eigenvalue weighted by molar-refractivity contribution is 5.77. The second-order valence-electron chi connectivity index (χ2n) is 4.29. The topological polar surface area (TPSA) is 55.2 Å². The van der Waals surface area contributed by atoms with Gasteiger partial charge in [-0.05, 0) is 18.2 Å². The lowest BCUT2D eigenvalue weighted by atomic mass is 10.2. The third kappa shape index (κ3) is 2.40. The van der Waals surface area contributed by atoms with Crippen molar-refractivity contribution in [2.24, 2.45) is 0 Å². The van der Waals surface area contributed by atoms with Crippen LogP contribution in [0.2, 0.25) is 0 Å². The predicted molar refractivity (Wildman–Crippen MR) is 69.3 cm³/mol. The molecule has 2 aromatic heterocycles. The van der Waals surface area contributed by atoms with Crippen molar-refractivity contribution in [1.82, 2.24) is 14.5 Å². The van der Waals surface area contributed by atoms with Crippen LogP contribution >= 0.6 is 0 Å². The number of hydrogen-bond acceptors (Lipinski definition) is 3. The number of carbonyl (C=O) groups excluding carboxylic acids is 1. The van der Waals surface area contributed by atoms with Gasteiger partial charge in [0.2, 0.25) is 5.91 Å². The van der Waals surface area contributed by atoms with E-state index in [1.807, 2.05) is 0 Å². The molecular formula is C13H15N3O2. The summed E-state index contributed by atoms with van der Waals surface area (Å²) in [7, 11) is 3.41. The highest BCUT2D eigenvalue weighted by Crippen LogP contribution is 2.04. The zero-order chi connectivity index (χ0) is 13.1. The van der Waals surface area contributed by atoms with E-state index in [0.29, 0.717) is 23.9 Å². The molecule has 0 atom stereocenters. The normalized spacial score (nSPS) is 10.6. The van der Waals surface area contributed by atoms with Gasteiger partial charge in [0.05, 0.1) is 10.9 Å². The van der Waals surface area contributed by atoms with Gasteiger partial charge in [0.15, 0.2) is 0 Å². The van der Waals surface area contributed by atoms with Crippen LogP contribution in [-0.2, 0) is 11.3 Å². The summed E-state index contributed by atoms with van der Waals surface area (Å²) in [5, 5.41) is 0.581. The average molecular weight is 245 g/mol. The Morgan fingerprint density at radius 3 is 2.89 bits per heavy atom. The molecule has 0 N–H and O–H groups in total. The molecule has 0 spiro atoms. The zero-order valence-corrected chi connectivity index (χ0v) is 10.5. The SMILES string of the molecule is CN(C)C(=O)CCn1ccc2ncccc2c1=O. The van der Waals surface area contributed by atoms with Gasteiger partial charge in [0.1, 0.15) is 0 Å². The van der Waals surface area contributed by atoms with Crippen molar-refractivity contribution in [1.29, 1.82) is 0 Å². The molecule has 0 saturated carbocycles. The average Bonchev–Trinajstić information content (AvgIpc) is 2.38. The number of pyridine rings is 2. The standard InChI is InChI=1S/C13H15N3O2/c1-15(2)12(17)6-9-16-8-5-11-10(13(16)18)4-3-7-14-11/h3-5,7-8H,6,9H2,1-2H3. The highest BCUT2D eigenvalue weighted by atomic mass is 16.2. The van der Waals surface area contributed by atoms with Crippen molar-refractivity contribution in [3.05, 3.63) is 40.9 Å². The third-order valence-corrected chi connectivity index (χ3v) is 2.81. The fourth-order valence-electron chi connectivity index (χ4n) is 1.73. The lowest BCUT2D eigenvalue weighted by Crippen LogP contribution is -2.26. The smallest absolute Gasteiger partial charge is 0.260 e. The summed E-state index contributed by atoms with van der Waals surface area (Å²) >= 11 is 0. The zero-order valence-electron chi connectivity index (χ0n) is 10.5. The van der Waals surface area contributed by atoms with Gasteiger partial charge in [0, 0.05) is 39.5 Å². The van der Waals surface area contributed by atoms with E-state index in [1.165, 1.54) is 4.90 Å². The van der Waals surface area contributed by atoms with E-state index < -0.39 is 0 Å². The number of nitrogens with zero attached hydrogens (tertiary/aromatic N) is 3. The lowest BCUT2D eigenvalue weighted by molar-refractivity contribution is -0.128. The molecule has 0 fully saturated rings. The minimum atomic E-state index is -0.104. The summed E-state index contributed by atoms with van der Waals surface area (Å²) in [6.07, 6.45) is 3.65. The maximum Gasteiger partial charge on any atom is 0.260 e. The number of amides is 1. The van der Waals surface area contributed by atoms with Crippen LogP contribution in [0.15, 0.2) is 35.4 Å². The molecule has 0 aliphatic carbocycles. The summed E-state index contributed by atoms with van der Waals surface area (Å²) in [6.45, 7) is 0.390. The first-order valence-electron chi connectivity index (χ1n) is 5.74. The first-order chi connectivity index (χ1) is 8.59. The summed E-state index contributed by atoms with van der Waals surface area (Å²) in [5.74, 6) is 0.00758. The molecule has 94 valence electrons. The second kappa shape index (κ2) is 5.00. The quantitative estimate of drug-likeness (QED) is 0.806. The van der Waals surface area contributed by atoms with Crippen molar-refractivity contribution < 1.29 is 4.79 Å². The maximum atomic E-state index is 12.1. The monoisotopic (exact) mass is 245 g/mol. The van der Waals surface area contributed by atoms with E-state index in [4.69, 9.17) is 0 Å². The van der Waals surface area contributed by atoms with Gasteiger partial charge in [-0.3, -0.25) is 14.6 Å². The minimum absolute atomic E-state index is 0.00758. The van der Waals surface area contributed by atoms with Gasteiger partial charge in [-0.2, -0.15) is 0 Å². The van der Waals surface area contributed by atoms with Crippen molar-refractivity contribution in [3.8, 4) is 0 Å². The van der Waals surface area contributed by atoms with E-state index in [0.717, 1.165) is 0 Å². The van der Waals surface area contributed by atoms with Gasteiger partial charge in [-0.1, -0.05) is 0 Å². The number of aromatic nitrogens is 2. The number of aryl methyl sites for hydroxylation is 1. The molecule has 5 nitrogen and oxygen atoms in total. The third-order valence-electron chi connectivity index (χ3n) is 2.81. The van der Waals surface area contributed by atoms with Gasteiger partial charge in [-0.25, -0.2) is 0 Å². The molecule has 0 bridgehead atoms. The fourth-order valence-corrected chi connectivity index (χ4v) is 1.73. The lowest BCUT2D eigenvalue weighted by Gasteiger charge is -2.11. The molecule has 0 aromatic carbocycles. The van der Waals surface area contributed by atoms with Crippen LogP contribution in [0.25, 0.3) is 10.9 Å². The molecule has 0 saturated heterocycles. The Balaban J connectivity index is 2.27. The molecular weight excluding hydrogens is 230 g/mol. The van der Waals surface area contributed by atoms with Crippen LogP contribution in [0, 0.1) is 0 Å². The van der Waals surface area contributed by atoms with Crippen LogP contribution in [0.3, 0.4) is 0 Å². The van der Waals surface area contributed by atoms with Crippen LogP contribution < -0.4 is 5.56 Å². The Morgan fingerprint density at radius 1 is 1.39 bits per heavy atom. The van der Waals surface area contributed by atoms with Crippen LogP contribution in [0.4, 0.5) is 0 Å². The van der Waals surface area contributed by atoms with E-state index >= 15 is 0 Å². The maximum absolute atomic E-state index is 12.1. The number of fused-ring (bicyclic) bond motifs is 1. The van der Waals surface area contributed by atoms with Crippen molar-refractivity contribution in [2.75, 3.05) is 14.1 Å². The Hall–Kier alpha value is -2.17.